The Hall–Kier alpha value is -0.350. The molecule has 1 aromatic rings. The van der Waals surface area contributed by atoms with Gasteiger partial charge in [0.05, 0.1) is 5.75 Å². The smallest absolute Gasteiger partial charge is 0.0566 e. The lowest BCUT2D eigenvalue weighted by Gasteiger charge is -2.05. The SMILES string of the molecule is Cc1cc(Br)ccc1CS(C)(=N)=O. The Morgan fingerprint density at radius 3 is 2.62 bits per heavy atom. The van der Waals surface area contributed by atoms with Gasteiger partial charge in [-0.2, -0.15) is 0 Å². The summed E-state index contributed by atoms with van der Waals surface area (Å²) in [6.45, 7) is 1.96. The van der Waals surface area contributed by atoms with Gasteiger partial charge in [0.1, 0.15) is 0 Å². The monoisotopic (exact) mass is 261 g/mol. The maximum absolute atomic E-state index is 11.2. The van der Waals surface area contributed by atoms with Crippen LogP contribution >= 0.6 is 15.9 Å². The lowest BCUT2D eigenvalue weighted by atomic mass is 10.1. The molecule has 0 bridgehead atoms. The van der Waals surface area contributed by atoms with Crippen molar-refractivity contribution in [1.29, 1.82) is 4.78 Å². The third-order valence-corrected chi connectivity index (χ3v) is 3.09. The van der Waals surface area contributed by atoms with E-state index in [4.69, 9.17) is 4.78 Å². The van der Waals surface area contributed by atoms with Crippen LogP contribution in [0.4, 0.5) is 0 Å². The highest BCUT2D eigenvalue weighted by molar-refractivity contribution is 9.10. The molecule has 0 aliphatic carbocycles. The van der Waals surface area contributed by atoms with Crippen LogP contribution in [0.2, 0.25) is 0 Å². The molecule has 0 heterocycles. The molecular formula is C9H12BrNOS. The van der Waals surface area contributed by atoms with Crippen LogP contribution in [0.15, 0.2) is 22.7 Å². The van der Waals surface area contributed by atoms with Gasteiger partial charge in [-0.15, -0.1) is 0 Å². The van der Waals surface area contributed by atoms with E-state index in [1.165, 1.54) is 6.26 Å². The lowest BCUT2D eigenvalue weighted by Crippen LogP contribution is -2.00. The largest absolute Gasteiger partial charge is 0.253 e. The molecule has 1 atom stereocenters. The Morgan fingerprint density at radius 1 is 1.54 bits per heavy atom. The molecule has 0 fully saturated rings. The van der Waals surface area contributed by atoms with Crippen molar-refractivity contribution in [3.05, 3.63) is 33.8 Å². The van der Waals surface area contributed by atoms with Crippen LogP contribution in [-0.4, -0.2) is 10.5 Å². The molecule has 72 valence electrons. The van der Waals surface area contributed by atoms with E-state index in [0.29, 0.717) is 5.75 Å². The van der Waals surface area contributed by atoms with Gasteiger partial charge in [0.2, 0.25) is 0 Å². The van der Waals surface area contributed by atoms with E-state index in [9.17, 15) is 4.21 Å². The van der Waals surface area contributed by atoms with Gasteiger partial charge < -0.3 is 0 Å². The van der Waals surface area contributed by atoms with Gasteiger partial charge in [-0.05, 0) is 30.2 Å². The minimum Gasteiger partial charge on any atom is -0.253 e. The van der Waals surface area contributed by atoms with Gasteiger partial charge in [0.15, 0.2) is 0 Å². The Morgan fingerprint density at radius 2 is 2.15 bits per heavy atom. The first kappa shape index (κ1) is 10.7. The second-order valence-electron chi connectivity index (χ2n) is 3.22. The van der Waals surface area contributed by atoms with Crippen LogP contribution in [0.3, 0.4) is 0 Å². The van der Waals surface area contributed by atoms with E-state index < -0.39 is 9.73 Å². The quantitative estimate of drug-likeness (QED) is 0.874. The number of hydrogen-bond acceptors (Lipinski definition) is 2. The van der Waals surface area contributed by atoms with E-state index in [0.717, 1.165) is 15.6 Å². The molecule has 1 aromatic carbocycles. The molecule has 1 N–H and O–H groups in total. The first-order valence-corrected chi connectivity index (χ1v) is 6.78. The van der Waals surface area contributed by atoms with Crippen LogP contribution in [0.5, 0.6) is 0 Å². The molecule has 0 aliphatic rings. The molecule has 0 radical (unpaired) electrons. The average Bonchev–Trinajstić information content (AvgIpc) is 1.93. The maximum Gasteiger partial charge on any atom is 0.0566 e. The number of halogens is 1. The highest BCUT2D eigenvalue weighted by atomic mass is 79.9. The topological polar surface area (TPSA) is 40.9 Å². The molecule has 1 unspecified atom stereocenters. The molecule has 13 heavy (non-hydrogen) atoms. The fraction of sp³-hybridized carbons (Fsp3) is 0.333. The van der Waals surface area contributed by atoms with E-state index in [2.05, 4.69) is 15.9 Å². The van der Waals surface area contributed by atoms with Crippen molar-refractivity contribution in [3.63, 3.8) is 0 Å². The minimum absolute atomic E-state index is 0.339. The average molecular weight is 262 g/mol. The summed E-state index contributed by atoms with van der Waals surface area (Å²) >= 11 is 3.36. The first-order chi connectivity index (χ1) is 5.88. The van der Waals surface area contributed by atoms with Gasteiger partial charge in [-0.3, -0.25) is 4.78 Å². The number of hydrogen-bond donors (Lipinski definition) is 1. The van der Waals surface area contributed by atoms with Gasteiger partial charge in [0.25, 0.3) is 0 Å². The van der Waals surface area contributed by atoms with Crippen molar-refractivity contribution in [2.75, 3.05) is 6.26 Å². The van der Waals surface area contributed by atoms with Crippen molar-refractivity contribution in [1.82, 2.24) is 0 Å². The van der Waals surface area contributed by atoms with Gasteiger partial charge in [-0.1, -0.05) is 22.0 Å². The molecule has 4 heteroatoms. The molecule has 0 aliphatic heterocycles. The third kappa shape index (κ3) is 3.48. The molecule has 1 rings (SSSR count). The minimum atomic E-state index is -2.43. The Labute approximate surface area is 87.5 Å². The highest BCUT2D eigenvalue weighted by Crippen LogP contribution is 2.17. The zero-order chi connectivity index (χ0) is 10.1. The molecular weight excluding hydrogens is 250 g/mol. The van der Waals surface area contributed by atoms with Crippen LogP contribution in [-0.2, 0) is 15.5 Å². The predicted molar refractivity (Wildman–Crippen MR) is 59.4 cm³/mol. The molecule has 2 nitrogen and oxygen atoms in total. The summed E-state index contributed by atoms with van der Waals surface area (Å²) in [5.41, 5.74) is 2.07. The lowest BCUT2D eigenvalue weighted by molar-refractivity contribution is 0.678. The fourth-order valence-electron chi connectivity index (χ4n) is 1.12. The van der Waals surface area contributed by atoms with Crippen LogP contribution in [0.1, 0.15) is 11.1 Å². The molecule has 0 saturated carbocycles. The third-order valence-electron chi connectivity index (χ3n) is 1.74. The number of aryl methyl sites for hydroxylation is 1. The van der Waals surface area contributed by atoms with E-state index >= 15 is 0 Å². The molecule has 0 spiro atoms. The maximum atomic E-state index is 11.2. The fourth-order valence-corrected chi connectivity index (χ4v) is 2.51. The molecule has 0 aromatic heterocycles. The van der Waals surface area contributed by atoms with Crippen molar-refractivity contribution in [3.8, 4) is 0 Å². The standard InChI is InChI=1S/C9H12BrNOS/c1-7-5-9(10)4-3-8(7)6-13(2,11)12/h3-5,11H,6H2,1-2H3. The zero-order valence-corrected chi connectivity index (χ0v) is 10.0. The number of benzene rings is 1. The molecule has 0 amide bonds. The number of rotatable bonds is 2. The van der Waals surface area contributed by atoms with Crippen molar-refractivity contribution < 1.29 is 4.21 Å². The second-order valence-corrected chi connectivity index (χ2v) is 6.43. The van der Waals surface area contributed by atoms with E-state index in [1.54, 1.807) is 0 Å². The Kier molecular flexibility index (Phi) is 3.14. The van der Waals surface area contributed by atoms with Crippen molar-refractivity contribution >= 4 is 25.7 Å². The van der Waals surface area contributed by atoms with Crippen molar-refractivity contribution in [2.24, 2.45) is 0 Å². The number of nitrogens with one attached hydrogen (secondary N) is 1. The summed E-state index contributed by atoms with van der Waals surface area (Å²) in [6.07, 6.45) is 1.47. The summed E-state index contributed by atoms with van der Waals surface area (Å²) in [5, 5.41) is 0. The van der Waals surface area contributed by atoms with Crippen LogP contribution in [0.25, 0.3) is 0 Å². The summed E-state index contributed by atoms with van der Waals surface area (Å²) in [6, 6.07) is 5.80. The Bertz CT molecular complexity index is 412. The normalized spacial score (nSPS) is 15.3. The van der Waals surface area contributed by atoms with E-state index in [1.807, 2.05) is 25.1 Å². The zero-order valence-electron chi connectivity index (χ0n) is 7.63. The highest BCUT2D eigenvalue weighted by Gasteiger charge is 2.04. The predicted octanol–water partition coefficient (Wildman–Crippen LogP) is 2.93. The Balaban J connectivity index is 3.04. The van der Waals surface area contributed by atoms with E-state index in [-0.39, 0.29) is 0 Å². The van der Waals surface area contributed by atoms with Gasteiger partial charge in [-0.25, -0.2) is 4.21 Å². The molecule has 0 saturated heterocycles. The summed E-state index contributed by atoms with van der Waals surface area (Å²) in [4.78, 5) is 0. The summed E-state index contributed by atoms with van der Waals surface area (Å²) in [7, 11) is -2.43. The first-order valence-electron chi connectivity index (χ1n) is 3.85. The summed E-state index contributed by atoms with van der Waals surface area (Å²) in [5.74, 6) is 0.339. The van der Waals surface area contributed by atoms with Gasteiger partial charge in [0, 0.05) is 20.5 Å². The second kappa shape index (κ2) is 3.80. The summed E-state index contributed by atoms with van der Waals surface area (Å²) < 4.78 is 19.6. The van der Waals surface area contributed by atoms with Crippen LogP contribution < -0.4 is 0 Å². The van der Waals surface area contributed by atoms with Crippen molar-refractivity contribution in [2.45, 2.75) is 12.7 Å². The van der Waals surface area contributed by atoms with Crippen LogP contribution in [0, 0.1) is 11.7 Å². The van der Waals surface area contributed by atoms with Gasteiger partial charge >= 0.3 is 0 Å².